The van der Waals surface area contributed by atoms with Crippen molar-refractivity contribution in [1.82, 2.24) is 15.1 Å². The standard InChI is InChI=1S/C22H28FN3OS/c1-18(19-7-3-2-4-8-19)24-22(28)26(12-11-25-13-15-27-16-14-25)17-20-9-5-6-10-21(20)23/h2-10,18H,11-17H2,1H3,(H,24,28). The second-order valence-electron chi connectivity index (χ2n) is 7.05. The van der Waals surface area contributed by atoms with E-state index in [4.69, 9.17) is 17.0 Å². The number of hydrogen-bond donors (Lipinski definition) is 1. The van der Waals surface area contributed by atoms with Crippen LogP contribution < -0.4 is 5.32 Å². The minimum atomic E-state index is -0.196. The van der Waals surface area contributed by atoms with Crippen molar-refractivity contribution in [3.8, 4) is 0 Å². The molecule has 1 unspecified atom stereocenters. The number of hydrogen-bond acceptors (Lipinski definition) is 3. The molecular weight excluding hydrogens is 373 g/mol. The molecule has 1 aliphatic rings. The summed E-state index contributed by atoms with van der Waals surface area (Å²) in [5, 5.41) is 4.06. The molecule has 1 atom stereocenters. The van der Waals surface area contributed by atoms with Gasteiger partial charge in [-0.2, -0.15) is 0 Å². The van der Waals surface area contributed by atoms with Crippen LogP contribution in [0.25, 0.3) is 0 Å². The minimum absolute atomic E-state index is 0.0835. The van der Waals surface area contributed by atoms with Crippen LogP contribution in [0, 0.1) is 5.82 Å². The molecule has 0 spiro atoms. The van der Waals surface area contributed by atoms with Gasteiger partial charge in [0.25, 0.3) is 0 Å². The van der Waals surface area contributed by atoms with Crippen molar-refractivity contribution in [2.45, 2.75) is 19.5 Å². The fourth-order valence-corrected chi connectivity index (χ4v) is 3.61. The molecule has 1 aliphatic heterocycles. The molecular formula is C22H28FN3OS. The van der Waals surface area contributed by atoms with Crippen molar-refractivity contribution >= 4 is 17.3 Å². The van der Waals surface area contributed by atoms with Gasteiger partial charge in [0, 0.05) is 38.3 Å². The summed E-state index contributed by atoms with van der Waals surface area (Å²) in [5.41, 5.74) is 1.82. The zero-order valence-electron chi connectivity index (χ0n) is 16.3. The quantitative estimate of drug-likeness (QED) is 0.716. The number of rotatable bonds is 7. The summed E-state index contributed by atoms with van der Waals surface area (Å²) in [7, 11) is 0. The molecule has 3 rings (SSSR count). The highest BCUT2D eigenvalue weighted by atomic mass is 32.1. The topological polar surface area (TPSA) is 27.7 Å². The Bertz CT molecular complexity index is 752. The van der Waals surface area contributed by atoms with Gasteiger partial charge in [0.1, 0.15) is 5.82 Å². The summed E-state index contributed by atoms with van der Waals surface area (Å²) in [5.74, 6) is -0.196. The van der Waals surface area contributed by atoms with E-state index in [1.165, 1.54) is 11.6 Å². The molecule has 1 heterocycles. The number of morpholine rings is 1. The van der Waals surface area contributed by atoms with Gasteiger partial charge in [-0.25, -0.2) is 4.39 Å². The molecule has 1 fully saturated rings. The van der Waals surface area contributed by atoms with Crippen molar-refractivity contribution in [2.75, 3.05) is 39.4 Å². The Morgan fingerprint density at radius 1 is 1.14 bits per heavy atom. The van der Waals surface area contributed by atoms with Crippen molar-refractivity contribution in [3.63, 3.8) is 0 Å². The number of nitrogens with one attached hydrogen (secondary N) is 1. The lowest BCUT2D eigenvalue weighted by Crippen LogP contribution is -2.46. The third-order valence-electron chi connectivity index (χ3n) is 5.04. The lowest BCUT2D eigenvalue weighted by Gasteiger charge is -2.32. The van der Waals surface area contributed by atoms with Gasteiger partial charge in [-0.05, 0) is 30.8 Å². The summed E-state index contributed by atoms with van der Waals surface area (Å²) >= 11 is 5.71. The zero-order valence-corrected chi connectivity index (χ0v) is 17.1. The summed E-state index contributed by atoms with van der Waals surface area (Å²) in [6, 6.07) is 17.2. The van der Waals surface area contributed by atoms with Gasteiger partial charge in [0.2, 0.25) is 0 Å². The van der Waals surface area contributed by atoms with Crippen LogP contribution in [0.2, 0.25) is 0 Å². The highest BCUT2D eigenvalue weighted by Crippen LogP contribution is 2.14. The largest absolute Gasteiger partial charge is 0.379 e. The summed E-state index contributed by atoms with van der Waals surface area (Å²) < 4.78 is 19.6. The molecule has 0 radical (unpaired) electrons. The van der Waals surface area contributed by atoms with Crippen LogP contribution in [0.1, 0.15) is 24.1 Å². The first-order valence-corrected chi connectivity index (χ1v) is 10.2. The maximum Gasteiger partial charge on any atom is 0.169 e. The SMILES string of the molecule is CC(NC(=S)N(CCN1CCOCC1)Cc1ccccc1F)c1ccccc1. The van der Waals surface area contributed by atoms with Gasteiger partial charge in [0.05, 0.1) is 19.3 Å². The van der Waals surface area contributed by atoms with Crippen molar-refractivity contribution in [2.24, 2.45) is 0 Å². The van der Waals surface area contributed by atoms with Crippen LogP contribution in [0.15, 0.2) is 54.6 Å². The van der Waals surface area contributed by atoms with Gasteiger partial charge in [-0.15, -0.1) is 0 Å². The summed E-state index contributed by atoms with van der Waals surface area (Å²) in [6.45, 7) is 7.53. The number of benzene rings is 2. The van der Waals surface area contributed by atoms with E-state index >= 15 is 0 Å². The Balaban J connectivity index is 1.66. The van der Waals surface area contributed by atoms with Crippen LogP contribution in [0.5, 0.6) is 0 Å². The Hall–Kier alpha value is -2.02. The van der Waals surface area contributed by atoms with E-state index in [1.54, 1.807) is 6.07 Å². The first-order chi connectivity index (χ1) is 13.6. The Morgan fingerprint density at radius 3 is 2.54 bits per heavy atom. The van der Waals surface area contributed by atoms with E-state index in [0.717, 1.165) is 39.4 Å². The zero-order chi connectivity index (χ0) is 19.8. The Kier molecular flexibility index (Phi) is 7.77. The second kappa shape index (κ2) is 10.5. The molecule has 1 saturated heterocycles. The van der Waals surface area contributed by atoms with E-state index in [9.17, 15) is 4.39 Å². The van der Waals surface area contributed by atoms with E-state index in [-0.39, 0.29) is 11.9 Å². The summed E-state index contributed by atoms with van der Waals surface area (Å²) in [6.07, 6.45) is 0. The molecule has 0 amide bonds. The van der Waals surface area contributed by atoms with Gasteiger partial charge >= 0.3 is 0 Å². The normalized spacial score (nSPS) is 15.8. The number of thiocarbonyl (C=S) groups is 1. The average molecular weight is 402 g/mol. The van der Waals surface area contributed by atoms with E-state index in [2.05, 4.69) is 34.2 Å². The van der Waals surface area contributed by atoms with E-state index < -0.39 is 0 Å². The first-order valence-electron chi connectivity index (χ1n) is 9.77. The van der Waals surface area contributed by atoms with Gasteiger partial charge in [-0.1, -0.05) is 48.5 Å². The highest BCUT2D eigenvalue weighted by molar-refractivity contribution is 7.80. The molecule has 0 saturated carbocycles. The molecule has 2 aromatic carbocycles. The van der Waals surface area contributed by atoms with Gasteiger partial charge < -0.3 is 15.0 Å². The molecule has 4 nitrogen and oxygen atoms in total. The first kappa shape index (κ1) is 20.7. The van der Waals surface area contributed by atoms with Crippen LogP contribution >= 0.6 is 12.2 Å². The number of nitrogens with zero attached hydrogens (tertiary/aromatic N) is 2. The number of ether oxygens (including phenoxy) is 1. The fourth-order valence-electron chi connectivity index (χ4n) is 3.27. The van der Waals surface area contributed by atoms with Crippen LogP contribution in [-0.4, -0.2) is 54.3 Å². The lowest BCUT2D eigenvalue weighted by molar-refractivity contribution is 0.0356. The number of halogens is 1. The Morgan fingerprint density at radius 2 is 1.82 bits per heavy atom. The second-order valence-corrected chi connectivity index (χ2v) is 7.44. The third kappa shape index (κ3) is 5.99. The van der Waals surface area contributed by atoms with Crippen molar-refractivity contribution in [3.05, 3.63) is 71.5 Å². The van der Waals surface area contributed by atoms with Crippen LogP contribution in [0.4, 0.5) is 4.39 Å². The predicted octanol–water partition coefficient (Wildman–Crippen LogP) is 3.60. The monoisotopic (exact) mass is 401 g/mol. The van der Waals surface area contributed by atoms with Gasteiger partial charge in [0.15, 0.2) is 5.11 Å². The van der Waals surface area contributed by atoms with E-state index in [1.807, 2.05) is 30.3 Å². The van der Waals surface area contributed by atoms with Crippen molar-refractivity contribution < 1.29 is 9.13 Å². The minimum Gasteiger partial charge on any atom is -0.379 e. The molecule has 150 valence electrons. The molecule has 1 N–H and O–H groups in total. The third-order valence-corrected chi connectivity index (χ3v) is 5.41. The lowest BCUT2D eigenvalue weighted by atomic mass is 10.1. The maximum absolute atomic E-state index is 14.2. The molecule has 2 aromatic rings. The smallest absolute Gasteiger partial charge is 0.169 e. The fraction of sp³-hybridized carbons (Fsp3) is 0.409. The van der Waals surface area contributed by atoms with E-state index in [0.29, 0.717) is 17.2 Å². The molecule has 28 heavy (non-hydrogen) atoms. The average Bonchev–Trinajstić information content (AvgIpc) is 2.73. The predicted molar refractivity (Wildman–Crippen MR) is 115 cm³/mol. The Labute approximate surface area is 172 Å². The maximum atomic E-state index is 14.2. The van der Waals surface area contributed by atoms with Crippen LogP contribution in [0.3, 0.4) is 0 Å². The highest BCUT2D eigenvalue weighted by Gasteiger charge is 2.18. The summed E-state index contributed by atoms with van der Waals surface area (Å²) in [4.78, 5) is 4.42. The molecule has 0 aromatic heterocycles. The molecule has 6 heteroatoms. The van der Waals surface area contributed by atoms with Crippen molar-refractivity contribution in [1.29, 1.82) is 0 Å². The van der Waals surface area contributed by atoms with Crippen LogP contribution in [-0.2, 0) is 11.3 Å². The van der Waals surface area contributed by atoms with Gasteiger partial charge in [-0.3, -0.25) is 4.90 Å². The molecule has 0 bridgehead atoms. The molecule has 0 aliphatic carbocycles.